The van der Waals surface area contributed by atoms with Crippen molar-refractivity contribution in [3.8, 4) is 11.8 Å². The van der Waals surface area contributed by atoms with Crippen molar-refractivity contribution in [1.29, 1.82) is 5.26 Å². The molecule has 7 heteroatoms. The summed E-state index contributed by atoms with van der Waals surface area (Å²) in [7, 11) is -3.69. The minimum Gasteiger partial charge on any atom is -0.440 e. The molecule has 23 heavy (non-hydrogen) atoms. The number of hydrogen-bond acceptors (Lipinski definition) is 6. The Morgan fingerprint density at radius 1 is 1.22 bits per heavy atom. The zero-order valence-corrected chi connectivity index (χ0v) is 14.5. The van der Waals surface area contributed by atoms with Crippen LogP contribution >= 0.6 is 7.60 Å². The van der Waals surface area contributed by atoms with E-state index in [1.165, 1.54) is 0 Å². The smallest absolute Gasteiger partial charge is 0.344 e. The molecule has 0 radical (unpaired) electrons. The van der Waals surface area contributed by atoms with Gasteiger partial charge in [-0.3, -0.25) is 4.57 Å². The molecule has 1 heterocycles. The summed E-state index contributed by atoms with van der Waals surface area (Å²) in [6, 6.07) is 9.00. The van der Waals surface area contributed by atoms with Gasteiger partial charge in [-0.25, -0.2) is 0 Å². The Morgan fingerprint density at radius 3 is 2.30 bits per heavy atom. The van der Waals surface area contributed by atoms with Gasteiger partial charge >= 0.3 is 7.60 Å². The molecule has 0 bridgehead atoms. The molecule has 0 spiro atoms. The van der Waals surface area contributed by atoms with Gasteiger partial charge in [-0.2, -0.15) is 5.26 Å². The molecule has 6 nitrogen and oxygen atoms in total. The zero-order valence-electron chi connectivity index (χ0n) is 13.6. The molecule has 0 saturated heterocycles. The molecule has 1 aliphatic rings. The van der Waals surface area contributed by atoms with Crippen molar-refractivity contribution < 1.29 is 18.3 Å². The molecule has 0 amide bonds. The molecule has 0 aliphatic carbocycles. The Labute approximate surface area is 136 Å². The van der Waals surface area contributed by atoms with Crippen molar-refractivity contribution >= 4 is 7.60 Å². The van der Waals surface area contributed by atoms with Gasteiger partial charge in [0.15, 0.2) is 0 Å². The van der Waals surface area contributed by atoms with Gasteiger partial charge in [-0.05, 0) is 33.8 Å². The highest BCUT2D eigenvalue weighted by molar-refractivity contribution is 7.54. The van der Waals surface area contributed by atoms with Crippen molar-refractivity contribution in [2.75, 3.05) is 0 Å². The van der Waals surface area contributed by atoms with Gasteiger partial charge in [0.05, 0.1) is 12.2 Å². The lowest BCUT2D eigenvalue weighted by molar-refractivity contribution is 0.137. The molecule has 0 fully saturated rings. The van der Waals surface area contributed by atoms with Crippen LogP contribution in [0.1, 0.15) is 38.9 Å². The summed E-state index contributed by atoms with van der Waals surface area (Å²) in [6.45, 7) is 7.06. The molecule has 1 unspecified atom stereocenters. The van der Waals surface area contributed by atoms with Crippen LogP contribution < -0.4 is 10.5 Å². The first-order valence-electron chi connectivity index (χ1n) is 7.41. The second-order valence-electron chi connectivity index (χ2n) is 5.78. The van der Waals surface area contributed by atoms with E-state index in [4.69, 9.17) is 19.5 Å². The van der Waals surface area contributed by atoms with Crippen LogP contribution in [-0.4, -0.2) is 12.2 Å². The predicted molar refractivity (Wildman–Crippen MR) is 86.7 cm³/mol. The second-order valence-corrected chi connectivity index (χ2v) is 7.80. The van der Waals surface area contributed by atoms with E-state index in [-0.39, 0.29) is 23.7 Å². The van der Waals surface area contributed by atoms with Gasteiger partial charge in [0.1, 0.15) is 23.1 Å². The fourth-order valence-corrected chi connectivity index (χ4v) is 4.97. The van der Waals surface area contributed by atoms with Crippen LogP contribution in [-0.2, 0) is 13.6 Å². The standard InChI is InChI=1S/C16H21N2O4P/c1-10(2)21-23(19,22-11(3)4)15-12-7-5-6-8-14(12)20-16(18)13(15)9-17/h5-8,10-11,15H,18H2,1-4H3. The molecule has 1 aliphatic heterocycles. The number of nitrogens with two attached hydrogens (primary N) is 1. The van der Waals surface area contributed by atoms with Crippen LogP contribution in [0.2, 0.25) is 0 Å². The first kappa shape index (κ1) is 17.6. The fourth-order valence-electron chi connectivity index (χ4n) is 2.44. The number of nitrogens with zero attached hydrogens (tertiary/aromatic N) is 1. The van der Waals surface area contributed by atoms with E-state index in [1.54, 1.807) is 52.0 Å². The number of para-hydroxylation sites is 1. The quantitative estimate of drug-likeness (QED) is 0.821. The van der Waals surface area contributed by atoms with Gasteiger partial charge in [0, 0.05) is 5.56 Å². The number of rotatable bonds is 5. The van der Waals surface area contributed by atoms with E-state index >= 15 is 0 Å². The molecule has 2 N–H and O–H groups in total. The summed E-state index contributed by atoms with van der Waals surface area (Å²) >= 11 is 0. The first-order valence-corrected chi connectivity index (χ1v) is 9.02. The van der Waals surface area contributed by atoms with Crippen LogP contribution in [0.15, 0.2) is 35.7 Å². The topological polar surface area (TPSA) is 94.6 Å². The van der Waals surface area contributed by atoms with Crippen LogP contribution in [0.25, 0.3) is 0 Å². The van der Waals surface area contributed by atoms with Crippen molar-refractivity contribution in [3.63, 3.8) is 0 Å². The lowest BCUT2D eigenvalue weighted by atomic mass is 10.0. The van der Waals surface area contributed by atoms with Crippen molar-refractivity contribution in [2.24, 2.45) is 5.73 Å². The second kappa shape index (κ2) is 6.76. The zero-order chi connectivity index (χ0) is 17.2. The summed E-state index contributed by atoms with van der Waals surface area (Å²) < 4.78 is 30.3. The van der Waals surface area contributed by atoms with Gasteiger partial charge < -0.3 is 19.5 Å². The first-order chi connectivity index (χ1) is 10.8. The number of fused-ring (bicyclic) bond motifs is 1. The molecule has 1 aromatic rings. The van der Waals surface area contributed by atoms with Crippen LogP contribution in [0.4, 0.5) is 0 Å². The summed E-state index contributed by atoms with van der Waals surface area (Å²) in [6.07, 6.45) is -0.675. The highest BCUT2D eigenvalue weighted by atomic mass is 31.2. The van der Waals surface area contributed by atoms with Crippen molar-refractivity contribution in [3.05, 3.63) is 41.3 Å². The Hall–Kier alpha value is -1.80. The Morgan fingerprint density at radius 2 is 1.78 bits per heavy atom. The third-order valence-corrected chi connectivity index (χ3v) is 5.72. The van der Waals surface area contributed by atoms with E-state index < -0.39 is 13.3 Å². The average molecular weight is 336 g/mol. The maximum absolute atomic E-state index is 13.5. The molecule has 0 aromatic heterocycles. The molecule has 1 aromatic carbocycles. The summed E-state index contributed by atoms with van der Waals surface area (Å²) in [5, 5.41) is 9.49. The predicted octanol–water partition coefficient (Wildman–Crippen LogP) is 3.86. The lowest BCUT2D eigenvalue weighted by Crippen LogP contribution is -2.23. The molecular weight excluding hydrogens is 315 g/mol. The normalized spacial score (nSPS) is 17.9. The molecule has 124 valence electrons. The minimum absolute atomic E-state index is 0.0633. The Kier molecular flexibility index (Phi) is 5.16. The number of allylic oxidation sites excluding steroid dienone is 1. The highest BCUT2D eigenvalue weighted by Gasteiger charge is 2.46. The van der Waals surface area contributed by atoms with E-state index in [0.29, 0.717) is 11.3 Å². The Bertz CT molecular complexity index is 692. The summed E-state index contributed by atoms with van der Waals surface area (Å²) in [4.78, 5) is 0. The number of benzene rings is 1. The number of nitriles is 1. The largest absolute Gasteiger partial charge is 0.440 e. The van der Waals surface area contributed by atoms with Gasteiger partial charge in [0.25, 0.3) is 0 Å². The average Bonchev–Trinajstić information content (AvgIpc) is 2.43. The van der Waals surface area contributed by atoms with E-state index in [0.717, 1.165) is 0 Å². The van der Waals surface area contributed by atoms with Crippen molar-refractivity contribution in [1.82, 2.24) is 0 Å². The molecule has 1 atom stereocenters. The van der Waals surface area contributed by atoms with Crippen LogP contribution in [0.3, 0.4) is 0 Å². The highest BCUT2D eigenvalue weighted by Crippen LogP contribution is 2.67. The fraction of sp³-hybridized carbons (Fsp3) is 0.438. The number of ether oxygens (including phenoxy) is 1. The third-order valence-electron chi connectivity index (χ3n) is 3.12. The minimum atomic E-state index is -3.69. The number of hydrogen-bond donors (Lipinski definition) is 1. The van der Waals surface area contributed by atoms with Crippen LogP contribution in [0.5, 0.6) is 5.75 Å². The SMILES string of the molecule is CC(C)OP(=O)(OC(C)C)C1C(C#N)=C(N)Oc2ccccc21. The third kappa shape index (κ3) is 3.59. The van der Waals surface area contributed by atoms with Crippen molar-refractivity contribution in [2.45, 2.75) is 45.6 Å². The molecular formula is C16H21N2O4P. The molecule has 2 rings (SSSR count). The maximum atomic E-state index is 13.5. The lowest BCUT2D eigenvalue weighted by Gasteiger charge is -2.33. The maximum Gasteiger partial charge on any atom is 0.344 e. The van der Waals surface area contributed by atoms with E-state index in [2.05, 4.69) is 0 Å². The molecule has 0 saturated carbocycles. The monoisotopic (exact) mass is 336 g/mol. The summed E-state index contributed by atoms with van der Waals surface area (Å²) in [5.74, 6) is 0.380. The van der Waals surface area contributed by atoms with Gasteiger partial charge in [0.2, 0.25) is 5.88 Å². The van der Waals surface area contributed by atoms with Crippen LogP contribution in [0, 0.1) is 11.3 Å². The van der Waals surface area contributed by atoms with Gasteiger partial charge in [-0.1, -0.05) is 18.2 Å². The van der Waals surface area contributed by atoms with E-state index in [9.17, 15) is 9.83 Å². The summed E-state index contributed by atoms with van der Waals surface area (Å²) in [5.41, 5.74) is 5.59. The van der Waals surface area contributed by atoms with Gasteiger partial charge in [-0.15, -0.1) is 0 Å². The van der Waals surface area contributed by atoms with E-state index in [1.807, 2.05) is 6.07 Å². The Balaban J connectivity index is 2.64.